The zero-order valence-corrected chi connectivity index (χ0v) is 17.6. The summed E-state index contributed by atoms with van der Waals surface area (Å²) in [5, 5.41) is 0. The van der Waals surface area contributed by atoms with Crippen LogP contribution in [0.1, 0.15) is 54.0 Å². The number of nitrogens with zero attached hydrogens (tertiary/aromatic N) is 1. The number of nitrogens with two attached hydrogens (primary N) is 1. The zero-order valence-electron chi connectivity index (χ0n) is 17.6. The smallest absolute Gasteiger partial charge is 0.410 e. The number of ether oxygens (including phenoxy) is 2. The lowest BCUT2D eigenvalue weighted by Gasteiger charge is -2.44. The van der Waals surface area contributed by atoms with Crippen molar-refractivity contribution in [1.29, 1.82) is 0 Å². The van der Waals surface area contributed by atoms with Crippen LogP contribution in [0.2, 0.25) is 0 Å². The van der Waals surface area contributed by atoms with E-state index in [4.69, 9.17) is 15.2 Å². The third kappa shape index (κ3) is 6.77. The summed E-state index contributed by atoms with van der Waals surface area (Å²) in [7, 11) is 0. The summed E-state index contributed by atoms with van der Waals surface area (Å²) in [6, 6.07) is 9.01. The Kier molecular flexibility index (Phi) is 8.13. The average Bonchev–Trinajstić information content (AvgIpc) is 2.55. The van der Waals surface area contributed by atoms with Crippen LogP contribution in [-0.4, -0.2) is 35.3 Å². The van der Waals surface area contributed by atoms with Crippen LogP contribution in [-0.2, 0) is 16.1 Å². The highest BCUT2D eigenvalue weighted by molar-refractivity contribution is 5.69. The predicted octanol–water partition coefficient (Wildman–Crippen LogP) is 4.57. The number of carbonyl (C=O) groups excluding carboxylic acids is 2. The SMILES string of the molecule is CC(C)[C@H](C(OC(N)=O)C(C)(C)C)N(C(=O)OCc1ccccc1)C(C)C. The van der Waals surface area contributed by atoms with Gasteiger partial charge in [0.1, 0.15) is 12.7 Å². The molecule has 2 atom stereocenters. The van der Waals surface area contributed by atoms with Crippen molar-refractivity contribution in [3.63, 3.8) is 0 Å². The highest BCUT2D eigenvalue weighted by Gasteiger charge is 2.43. The summed E-state index contributed by atoms with van der Waals surface area (Å²) in [6.07, 6.45) is -1.85. The van der Waals surface area contributed by atoms with E-state index in [1.54, 1.807) is 4.90 Å². The Bertz CT molecular complexity index is 608. The Morgan fingerprint density at radius 3 is 2.04 bits per heavy atom. The van der Waals surface area contributed by atoms with Crippen molar-refractivity contribution in [3.8, 4) is 0 Å². The minimum absolute atomic E-state index is 0.0280. The lowest BCUT2D eigenvalue weighted by Crippen LogP contribution is -2.58. The summed E-state index contributed by atoms with van der Waals surface area (Å²) < 4.78 is 11.0. The Labute approximate surface area is 163 Å². The molecule has 2 N–H and O–H groups in total. The lowest BCUT2D eigenvalue weighted by atomic mass is 9.79. The molecule has 0 heterocycles. The molecule has 0 aliphatic rings. The van der Waals surface area contributed by atoms with Crippen LogP contribution >= 0.6 is 0 Å². The molecule has 1 rings (SSSR count). The summed E-state index contributed by atoms with van der Waals surface area (Å²) in [5.41, 5.74) is 5.83. The first kappa shape index (κ1) is 22.8. The second kappa shape index (κ2) is 9.62. The molecule has 0 aromatic heterocycles. The van der Waals surface area contributed by atoms with E-state index in [0.29, 0.717) is 0 Å². The highest BCUT2D eigenvalue weighted by atomic mass is 16.6. The van der Waals surface area contributed by atoms with Gasteiger partial charge in [0.05, 0.1) is 6.04 Å². The van der Waals surface area contributed by atoms with Gasteiger partial charge in [-0.3, -0.25) is 4.90 Å². The maximum absolute atomic E-state index is 13.0. The molecular formula is C21H34N2O4. The number of hydrogen-bond acceptors (Lipinski definition) is 4. The maximum atomic E-state index is 13.0. The fourth-order valence-corrected chi connectivity index (χ4v) is 3.17. The van der Waals surface area contributed by atoms with Crippen molar-refractivity contribution in [2.45, 2.75) is 73.3 Å². The average molecular weight is 379 g/mol. The minimum Gasteiger partial charge on any atom is -0.445 e. The van der Waals surface area contributed by atoms with Crippen LogP contribution in [0.4, 0.5) is 9.59 Å². The van der Waals surface area contributed by atoms with E-state index in [2.05, 4.69) is 0 Å². The normalized spacial score (nSPS) is 14.0. The van der Waals surface area contributed by atoms with Crippen LogP contribution in [0, 0.1) is 11.3 Å². The van der Waals surface area contributed by atoms with Crippen molar-refractivity contribution in [2.75, 3.05) is 0 Å². The van der Waals surface area contributed by atoms with Gasteiger partial charge in [-0.15, -0.1) is 0 Å². The lowest BCUT2D eigenvalue weighted by molar-refractivity contribution is -0.0512. The van der Waals surface area contributed by atoms with Crippen LogP contribution in [0.3, 0.4) is 0 Å². The summed E-state index contributed by atoms with van der Waals surface area (Å²) >= 11 is 0. The Balaban J connectivity index is 3.12. The largest absolute Gasteiger partial charge is 0.445 e. The standard InChI is InChI=1S/C21H34N2O4/c1-14(2)17(18(21(5,6)7)27-19(22)24)23(15(3)4)20(25)26-13-16-11-9-8-10-12-16/h8-12,14-15,17-18H,13H2,1-7H3,(H2,22,24)/t17-,18?/m1/s1. The molecule has 27 heavy (non-hydrogen) atoms. The third-order valence-corrected chi connectivity index (χ3v) is 4.38. The van der Waals surface area contributed by atoms with Gasteiger partial charge in [-0.25, -0.2) is 9.59 Å². The van der Waals surface area contributed by atoms with Crippen molar-refractivity contribution < 1.29 is 19.1 Å². The van der Waals surface area contributed by atoms with Gasteiger partial charge in [0, 0.05) is 11.5 Å². The second-order valence-electron chi connectivity index (χ2n) is 8.50. The quantitative estimate of drug-likeness (QED) is 0.753. The number of rotatable bonds is 7. The van der Waals surface area contributed by atoms with Crippen molar-refractivity contribution >= 4 is 12.2 Å². The van der Waals surface area contributed by atoms with Crippen LogP contribution in [0.15, 0.2) is 30.3 Å². The molecule has 0 saturated heterocycles. The van der Waals surface area contributed by atoms with E-state index in [9.17, 15) is 9.59 Å². The van der Waals surface area contributed by atoms with E-state index in [1.165, 1.54) is 0 Å². The zero-order chi connectivity index (χ0) is 20.8. The first-order valence-electron chi connectivity index (χ1n) is 9.40. The number of hydrogen-bond donors (Lipinski definition) is 1. The van der Waals surface area contributed by atoms with Crippen LogP contribution in [0.25, 0.3) is 0 Å². The second-order valence-corrected chi connectivity index (χ2v) is 8.50. The molecule has 0 aliphatic carbocycles. The number of amides is 2. The fourth-order valence-electron chi connectivity index (χ4n) is 3.17. The Morgan fingerprint density at radius 2 is 1.63 bits per heavy atom. The monoisotopic (exact) mass is 378 g/mol. The molecule has 0 spiro atoms. The van der Waals surface area contributed by atoms with Gasteiger partial charge in [0.25, 0.3) is 0 Å². The highest BCUT2D eigenvalue weighted by Crippen LogP contribution is 2.32. The summed E-state index contributed by atoms with van der Waals surface area (Å²) in [5.74, 6) is 0.0280. The number of carbonyl (C=O) groups is 2. The number of primary amides is 1. The molecule has 0 fully saturated rings. The van der Waals surface area contributed by atoms with Crippen LogP contribution in [0.5, 0.6) is 0 Å². The molecule has 0 bridgehead atoms. The molecule has 6 heteroatoms. The van der Waals surface area contributed by atoms with Gasteiger partial charge >= 0.3 is 12.2 Å². The molecule has 1 aromatic rings. The summed E-state index contributed by atoms with van der Waals surface area (Å²) in [4.78, 5) is 26.1. The molecule has 2 amide bonds. The van der Waals surface area contributed by atoms with E-state index in [0.717, 1.165) is 5.56 Å². The molecule has 0 aliphatic heterocycles. The predicted molar refractivity (Wildman–Crippen MR) is 106 cm³/mol. The van der Waals surface area contributed by atoms with Gasteiger partial charge in [-0.05, 0) is 25.3 Å². The van der Waals surface area contributed by atoms with E-state index in [1.807, 2.05) is 78.8 Å². The topological polar surface area (TPSA) is 81.9 Å². The summed E-state index contributed by atoms with van der Waals surface area (Å²) in [6.45, 7) is 13.9. The third-order valence-electron chi connectivity index (χ3n) is 4.38. The molecule has 0 radical (unpaired) electrons. The fraction of sp³-hybridized carbons (Fsp3) is 0.619. The van der Waals surface area contributed by atoms with E-state index >= 15 is 0 Å². The van der Waals surface area contributed by atoms with E-state index in [-0.39, 0.29) is 24.6 Å². The molecule has 152 valence electrons. The molecule has 1 aromatic carbocycles. The first-order chi connectivity index (χ1) is 12.4. The number of benzene rings is 1. The van der Waals surface area contributed by atoms with Crippen LogP contribution < -0.4 is 5.73 Å². The maximum Gasteiger partial charge on any atom is 0.410 e. The van der Waals surface area contributed by atoms with Crippen molar-refractivity contribution in [2.24, 2.45) is 17.1 Å². The molecule has 1 unspecified atom stereocenters. The van der Waals surface area contributed by atoms with Gasteiger partial charge < -0.3 is 15.2 Å². The van der Waals surface area contributed by atoms with E-state index < -0.39 is 23.7 Å². The van der Waals surface area contributed by atoms with Crippen molar-refractivity contribution in [3.05, 3.63) is 35.9 Å². The minimum atomic E-state index is -0.845. The van der Waals surface area contributed by atoms with Gasteiger partial charge in [0.2, 0.25) is 0 Å². The van der Waals surface area contributed by atoms with Gasteiger partial charge in [0.15, 0.2) is 0 Å². The Hall–Kier alpha value is -2.24. The van der Waals surface area contributed by atoms with Crippen molar-refractivity contribution in [1.82, 2.24) is 4.90 Å². The molecule has 0 saturated carbocycles. The van der Waals surface area contributed by atoms with Gasteiger partial charge in [-0.2, -0.15) is 0 Å². The molecular weight excluding hydrogens is 344 g/mol. The van der Waals surface area contributed by atoms with Gasteiger partial charge in [-0.1, -0.05) is 65.0 Å². The first-order valence-corrected chi connectivity index (χ1v) is 9.40. The Morgan fingerprint density at radius 1 is 1.07 bits per heavy atom. The molecule has 6 nitrogen and oxygen atoms in total.